The molecule has 1 aliphatic carbocycles. The molecule has 3 aliphatic rings. The minimum atomic E-state index is -1.47. The summed E-state index contributed by atoms with van der Waals surface area (Å²) >= 11 is 0. The number of H-pyrrole nitrogens is 2. The third-order valence-electron chi connectivity index (χ3n) is 13.8. The Morgan fingerprint density at radius 3 is 2.01 bits per heavy atom. The number of primary amides is 1. The lowest BCUT2D eigenvalue weighted by molar-refractivity contribution is -0.137. The van der Waals surface area contributed by atoms with Crippen LogP contribution in [0.25, 0.3) is 10.9 Å². The highest BCUT2D eigenvalue weighted by Crippen LogP contribution is 2.31. The molecule has 2 aliphatic heterocycles. The van der Waals surface area contributed by atoms with E-state index < -0.39 is 102 Å². The number of fused-ring (bicyclic) bond motifs is 1. The minimum Gasteiger partial charge on any atom is -0.370 e. The number of amides is 10. The van der Waals surface area contributed by atoms with E-state index in [1.807, 2.05) is 24.3 Å². The van der Waals surface area contributed by atoms with Crippen LogP contribution < -0.4 is 54.4 Å². The molecular formula is C51H67N15O9S2. The van der Waals surface area contributed by atoms with E-state index in [2.05, 4.69) is 57.2 Å². The molecule has 7 rings (SSSR count). The zero-order valence-corrected chi connectivity index (χ0v) is 44.2. The van der Waals surface area contributed by atoms with Crippen molar-refractivity contribution in [3.63, 3.8) is 0 Å². The number of guanidine groups is 1. The number of carbonyl (C=O) groups excluding carboxylic acids is 9. The number of aromatic amines is 2. The van der Waals surface area contributed by atoms with Crippen molar-refractivity contribution in [3.8, 4) is 0 Å². The van der Waals surface area contributed by atoms with Crippen LogP contribution >= 0.6 is 21.6 Å². The molecular weight excluding hydrogens is 1030 g/mol. The Labute approximate surface area is 452 Å². The van der Waals surface area contributed by atoms with Crippen molar-refractivity contribution < 1.29 is 43.2 Å². The van der Waals surface area contributed by atoms with Crippen molar-refractivity contribution in [2.24, 2.45) is 28.1 Å². The first-order chi connectivity index (χ1) is 37.0. The quantitative estimate of drug-likeness (QED) is 0.0261. The Morgan fingerprint density at radius 1 is 0.675 bits per heavy atom. The Balaban J connectivity index is 1.24. The number of aromatic nitrogens is 3. The second-order valence-corrected chi connectivity index (χ2v) is 22.0. The molecule has 24 nitrogen and oxygen atoms in total. The van der Waals surface area contributed by atoms with Gasteiger partial charge in [-0.05, 0) is 49.3 Å². The molecule has 77 heavy (non-hydrogen) atoms. The van der Waals surface area contributed by atoms with E-state index in [1.165, 1.54) is 19.4 Å². The van der Waals surface area contributed by atoms with Gasteiger partial charge < -0.3 is 64.4 Å². The van der Waals surface area contributed by atoms with Crippen molar-refractivity contribution in [1.82, 2.24) is 57.1 Å². The highest BCUT2D eigenvalue weighted by atomic mass is 33.1. The van der Waals surface area contributed by atoms with Crippen LogP contribution in [0.5, 0.6) is 0 Å². The van der Waals surface area contributed by atoms with Crippen LogP contribution in [-0.2, 0) is 57.6 Å². The zero-order chi connectivity index (χ0) is 55.0. The van der Waals surface area contributed by atoms with E-state index >= 15 is 0 Å². The molecule has 2 aromatic heterocycles. The molecule has 1 saturated carbocycles. The number of imidazole rings is 1. The molecule has 0 bridgehead atoms. The smallest absolute Gasteiger partial charge is 0.325 e. The first kappa shape index (κ1) is 57.1. The summed E-state index contributed by atoms with van der Waals surface area (Å²) in [5.41, 5.74) is 19.5. The Hall–Kier alpha value is -7.61. The van der Waals surface area contributed by atoms with Crippen molar-refractivity contribution in [3.05, 3.63) is 90.1 Å². The van der Waals surface area contributed by atoms with Gasteiger partial charge in [0, 0.05) is 66.3 Å². The van der Waals surface area contributed by atoms with Gasteiger partial charge in [-0.1, -0.05) is 102 Å². The number of hydrogen-bond donors (Lipinski definition) is 12. The summed E-state index contributed by atoms with van der Waals surface area (Å²) in [5.74, 6) is -6.82. The maximum atomic E-state index is 14.7. The standard InChI is InChI=1S/C51H67N15O9S2/c1-28-43(68)61-38(22-32-24-55-27-58-32)47(72)62-36(19-29-11-4-2-5-12-29)45(70)60-35(17-10-18-56-50(53)54)44(69)63-37(21-31-23-57-34-16-9-8-15-33(31)34)46(71)64-40(42(52)67)25-76-77-26-41(48(73)59-28)66-49(74)39(65-51(66)75)20-30-13-6-3-7-14-30/h2,4-5,8-9,11-12,15-16,23-24,27-28,30,35-41,57H,3,6-7,10,13-14,17-22,25-26H2,1H3,(H2,52,67)(H,55,58)(H,59,73)(H,60,70)(H,61,68)(H,62,72)(H,63,69)(H,64,71)(H,65,75)(H4,53,54,56). The van der Waals surface area contributed by atoms with E-state index in [-0.39, 0.29) is 62.0 Å². The fourth-order valence-electron chi connectivity index (χ4n) is 9.60. The van der Waals surface area contributed by atoms with Gasteiger partial charge in [0.1, 0.15) is 48.3 Å². The van der Waals surface area contributed by atoms with Crippen molar-refractivity contribution in [1.29, 1.82) is 0 Å². The van der Waals surface area contributed by atoms with Gasteiger partial charge >= 0.3 is 6.03 Å². The average molecular weight is 1100 g/mol. The summed E-state index contributed by atoms with van der Waals surface area (Å²) in [6.45, 7) is 1.44. The molecule has 0 radical (unpaired) electrons. The molecule has 15 N–H and O–H groups in total. The van der Waals surface area contributed by atoms with Gasteiger partial charge in [0.15, 0.2) is 5.96 Å². The maximum Gasteiger partial charge on any atom is 0.325 e. The number of nitrogens with two attached hydrogens (primary N) is 3. The first-order valence-electron chi connectivity index (χ1n) is 25.7. The van der Waals surface area contributed by atoms with E-state index in [0.717, 1.165) is 69.5 Å². The number of carbonyl (C=O) groups is 9. The van der Waals surface area contributed by atoms with E-state index in [1.54, 1.807) is 36.5 Å². The van der Waals surface area contributed by atoms with Crippen molar-refractivity contribution in [2.45, 2.75) is 126 Å². The summed E-state index contributed by atoms with van der Waals surface area (Å²) in [5, 5.41) is 19.8. The molecule has 8 unspecified atom stereocenters. The number of hydrogen-bond acceptors (Lipinski definition) is 13. The van der Waals surface area contributed by atoms with Crippen molar-refractivity contribution >= 4 is 91.7 Å². The molecule has 2 aromatic carbocycles. The predicted octanol–water partition coefficient (Wildman–Crippen LogP) is 0.0409. The lowest BCUT2D eigenvalue weighted by Gasteiger charge is -2.28. The molecule has 8 atom stereocenters. The van der Waals surface area contributed by atoms with Gasteiger partial charge in [0.2, 0.25) is 41.4 Å². The van der Waals surface area contributed by atoms with Gasteiger partial charge in [0.05, 0.1) is 6.33 Å². The fourth-order valence-corrected chi connectivity index (χ4v) is 12.0. The largest absolute Gasteiger partial charge is 0.370 e. The summed E-state index contributed by atoms with van der Waals surface area (Å²) < 4.78 is 0. The second-order valence-electron chi connectivity index (χ2n) is 19.5. The highest BCUT2D eigenvalue weighted by Gasteiger charge is 2.46. The average Bonchev–Trinajstić information content (AvgIpc) is 4.15. The van der Waals surface area contributed by atoms with Crippen LogP contribution in [0, 0.1) is 5.92 Å². The van der Waals surface area contributed by atoms with Crippen LogP contribution in [0.4, 0.5) is 4.79 Å². The highest BCUT2D eigenvalue weighted by molar-refractivity contribution is 8.76. The third kappa shape index (κ3) is 16.0. The summed E-state index contributed by atoms with van der Waals surface area (Å²) in [6.07, 6.45) is 9.62. The minimum absolute atomic E-state index is 0.0471. The summed E-state index contributed by atoms with van der Waals surface area (Å²) in [4.78, 5) is 143. The van der Waals surface area contributed by atoms with Crippen LogP contribution in [0.3, 0.4) is 0 Å². The number of benzene rings is 2. The molecule has 4 heterocycles. The molecule has 3 fully saturated rings. The summed E-state index contributed by atoms with van der Waals surface area (Å²) in [6, 6.07) is 4.74. The third-order valence-corrected chi connectivity index (χ3v) is 16.2. The van der Waals surface area contributed by atoms with E-state index in [4.69, 9.17) is 17.2 Å². The molecule has 4 aromatic rings. The lowest BCUT2D eigenvalue weighted by atomic mass is 9.85. The van der Waals surface area contributed by atoms with E-state index in [0.29, 0.717) is 23.2 Å². The Morgan fingerprint density at radius 2 is 1.31 bits per heavy atom. The Bertz CT molecular complexity index is 2770. The zero-order valence-electron chi connectivity index (χ0n) is 42.6. The summed E-state index contributed by atoms with van der Waals surface area (Å²) in [7, 11) is 2.04. The SMILES string of the molecule is CC1NC(=O)C(N2C(=O)NC(CC3CCCCC3)C2=O)CSSCC(C(N)=O)NC(=O)C(Cc2c[nH]c3ccccc23)NC(=O)C(CCCN=C(N)N)NC(=O)C(Cc2ccccc2)NC(=O)C(Cc2cnc[nH]2)NC1=O. The van der Waals surface area contributed by atoms with Crippen LogP contribution in [0.1, 0.15) is 75.1 Å². The fraction of sp³-hybridized carbons (Fsp3) is 0.471. The van der Waals surface area contributed by atoms with E-state index in [9.17, 15) is 43.2 Å². The first-order valence-corrected chi connectivity index (χ1v) is 28.1. The topological polar surface area (TPSA) is 376 Å². The maximum absolute atomic E-state index is 14.7. The molecule has 412 valence electrons. The number of aliphatic imine (C=N–C) groups is 1. The molecule has 0 spiro atoms. The molecule has 10 amide bonds. The van der Waals surface area contributed by atoms with Gasteiger partial charge in [-0.15, -0.1) is 0 Å². The number of para-hydroxylation sites is 1. The van der Waals surface area contributed by atoms with Gasteiger partial charge in [0.25, 0.3) is 5.91 Å². The number of nitrogens with one attached hydrogen (secondary N) is 9. The van der Waals surface area contributed by atoms with Gasteiger partial charge in [-0.2, -0.15) is 0 Å². The normalized spacial score (nSPS) is 25.1. The lowest BCUT2D eigenvalue weighted by Crippen LogP contribution is -2.60. The monoisotopic (exact) mass is 1100 g/mol. The van der Waals surface area contributed by atoms with Crippen LogP contribution in [0.2, 0.25) is 0 Å². The number of imide groups is 1. The molecule has 26 heteroatoms. The van der Waals surface area contributed by atoms with Crippen molar-refractivity contribution in [2.75, 3.05) is 18.1 Å². The van der Waals surface area contributed by atoms with Crippen LogP contribution in [0.15, 0.2) is 78.3 Å². The predicted molar refractivity (Wildman–Crippen MR) is 290 cm³/mol. The van der Waals surface area contributed by atoms with Gasteiger partial charge in [-0.25, -0.2) is 14.7 Å². The number of urea groups is 1. The van der Waals surface area contributed by atoms with Crippen LogP contribution in [-0.4, -0.2) is 145 Å². The van der Waals surface area contributed by atoms with Gasteiger partial charge in [-0.3, -0.25) is 43.3 Å². The Kier molecular flexibility index (Phi) is 20.3. The number of nitrogens with zero attached hydrogens (tertiary/aromatic N) is 3. The number of rotatable bonds is 14. The molecule has 2 saturated heterocycles. The second kappa shape index (κ2) is 27.4.